The Morgan fingerprint density at radius 3 is 2.62 bits per heavy atom. The average molecular weight is 331 g/mol. The second-order valence-electron chi connectivity index (χ2n) is 7.25. The lowest BCUT2D eigenvalue weighted by atomic mass is 9.87. The summed E-state index contributed by atoms with van der Waals surface area (Å²) in [6.07, 6.45) is 3.11. The number of anilines is 1. The van der Waals surface area contributed by atoms with E-state index in [4.69, 9.17) is 4.74 Å². The smallest absolute Gasteiger partial charge is 0.233 e. The number of benzene rings is 1. The summed E-state index contributed by atoms with van der Waals surface area (Å²) in [5.74, 6) is 0.0928. The fourth-order valence-electron chi connectivity index (χ4n) is 3.81. The molecule has 1 aromatic carbocycles. The monoisotopic (exact) mass is 331 g/mol. The maximum atomic E-state index is 11.5. The molecule has 0 aromatic heterocycles. The van der Waals surface area contributed by atoms with Gasteiger partial charge in [-0.1, -0.05) is 17.7 Å². The molecule has 2 aliphatic rings. The van der Waals surface area contributed by atoms with Gasteiger partial charge in [-0.15, -0.1) is 0 Å². The maximum absolute atomic E-state index is 11.5. The molecule has 24 heavy (non-hydrogen) atoms. The highest BCUT2D eigenvalue weighted by atomic mass is 16.5. The van der Waals surface area contributed by atoms with Crippen molar-refractivity contribution in [1.82, 2.24) is 10.2 Å². The van der Waals surface area contributed by atoms with Gasteiger partial charge in [0.15, 0.2) is 0 Å². The van der Waals surface area contributed by atoms with E-state index >= 15 is 0 Å². The van der Waals surface area contributed by atoms with Crippen LogP contribution in [0.1, 0.15) is 24.8 Å². The highest BCUT2D eigenvalue weighted by molar-refractivity contribution is 5.77. The molecule has 132 valence electrons. The third kappa shape index (κ3) is 3.73. The van der Waals surface area contributed by atoms with Gasteiger partial charge in [-0.3, -0.25) is 9.69 Å². The first-order chi connectivity index (χ1) is 11.5. The molecule has 5 heteroatoms. The topological polar surface area (TPSA) is 44.8 Å². The van der Waals surface area contributed by atoms with Crippen LogP contribution in [0.2, 0.25) is 0 Å². The van der Waals surface area contributed by atoms with E-state index in [0.717, 1.165) is 39.0 Å². The molecule has 1 spiro atoms. The molecule has 1 amide bonds. The van der Waals surface area contributed by atoms with Crippen LogP contribution in [0.5, 0.6) is 0 Å². The van der Waals surface area contributed by atoms with Crippen LogP contribution in [0, 0.1) is 6.92 Å². The van der Waals surface area contributed by atoms with Crippen molar-refractivity contribution in [2.45, 2.75) is 37.8 Å². The van der Waals surface area contributed by atoms with E-state index in [0.29, 0.717) is 12.6 Å². The lowest BCUT2D eigenvalue weighted by Crippen LogP contribution is -2.47. The van der Waals surface area contributed by atoms with Crippen LogP contribution in [-0.2, 0) is 9.53 Å². The van der Waals surface area contributed by atoms with Gasteiger partial charge in [-0.2, -0.15) is 0 Å². The van der Waals surface area contributed by atoms with E-state index in [9.17, 15) is 4.79 Å². The zero-order valence-corrected chi connectivity index (χ0v) is 15.0. The molecule has 5 nitrogen and oxygen atoms in total. The lowest BCUT2D eigenvalue weighted by Gasteiger charge is -2.38. The number of piperidine rings is 1. The fraction of sp³-hybridized carbons (Fsp3) is 0.632. The molecular weight excluding hydrogens is 302 g/mol. The number of rotatable bonds is 4. The van der Waals surface area contributed by atoms with Crippen LogP contribution in [0.4, 0.5) is 5.69 Å². The molecule has 1 N–H and O–H groups in total. The number of aryl methyl sites for hydroxylation is 1. The minimum absolute atomic E-state index is 0.00279. The molecule has 3 rings (SSSR count). The van der Waals surface area contributed by atoms with E-state index in [1.807, 2.05) is 0 Å². The van der Waals surface area contributed by atoms with Crippen molar-refractivity contribution in [2.24, 2.45) is 0 Å². The van der Waals surface area contributed by atoms with Gasteiger partial charge in [0, 0.05) is 32.9 Å². The van der Waals surface area contributed by atoms with Crippen molar-refractivity contribution < 1.29 is 9.53 Å². The number of hydrogen-bond donors (Lipinski definition) is 1. The van der Waals surface area contributed by atoms with Gasteiger partial charge in [0.05, 0.1) is 24.8 Å². The molecular formula is C19H29N3O2. The van der Waals surface area contributed by atoms with Gasteiger partial charge >= 0.3 is 0 Å². The Kier molecular flexibility index (Phi) is 5.11. The first kappa shape index (κ1) is 17.2. The normalized spacial score (nSPS) is 23.4. The number of ether oxygens (including phenoxy) is 1. The van der Waals surface area contributed by atoms with Crippen molar-refractivity contribution in [3.8, 4) is 0 Å². The highest BCUT2D eigenvalue weighted by Gasteiger charge is 2.44. The Morgan fingerprint density at radius 1 is 1.33 bits per heavy atom. The van der Waals surface area contributed by atoms with Crippen LogP contribution in [0.15, 0.2) is 24.3 Å². The number of nitrogens with one attached hydrogen (secondary N) is 1. The molecule has 1 aromatic rings. The van der Waals surface area contributed by atoms with E-state index in [1.54, 1.807) is 7.05 Å². The first-order valence-corrected chi connectivity index (χ1v) is 8.88. The van der Waals surface area contributed by atoms with E-state index in [1.165, 1.54) is 11.3 Å². The summed E-state index contributed by atoms with van der Waals surface area (Å²) in [7, 11) is 3.86. The molecule has 0 bridgehead atoms. The summed E-state index contributed by atoms with van der Waals surface area (Å²) in [6.45, 7) is 5.28. The Bertz CT molecular complexity index is 564. The van der Waals surface area contributed by atoms with Crippen LogP contribution < -0.4 is 10.2 Å². The van der Waals surface area contributed by atoms with Gasteiger partial charge in [-0.25, -0.2) is 0 Å². The molecule has 1 atom stereocenters. The van der Waals surface area contributed by atoms with Crippen LogP contribution >= 0.6 is 0 Å². The molecule has 2 saturated heterocycles. The largest absolute Gasteiger partial charge is 0.373 e. The van der Waals surface area contributed by atoms with E-state index < -0.39 is 0 Å². The molecule has 0 saturated carbocycles. The number of likely N-dealkylation sites (tertiary alicyclic amines) is 1. The van der Waals surface area contributed by atoms with Crippen LogP contribution in [-0.4, -0.2) is 62.8 Å². The SMILES string of the molecule is CNC(=O)CN1CCC2(CC1)C[C@@H](N(C)c1ccc(C)cc1)CO2. The molecule has 0 radical (unpaired) electrons. The number of likely N-dealkylation sites (N-methyl/N-ethyl adjacent to an activating group) is 2. The quantitative estimate of drug-likeness (QED) is 0.914. The number of carbonyl (C=O) groups excluding carboxylic acids is 1. The Morgan fingerprint density at radius 2 is 2.00 bits per heavy atom. The second kappa shape index (κ2) is 7.11. The van der Waals surface area contributed by atoms with Crippen LogP contribution in [0.3, 0.4) is 0 Å². The van der Waals surface area contributed by atoms with Crippen molar-refractivity contribution in [3.05, 3.63) is 29.8 Å². The van der Waals surface area contributed by atoms with Crippen LogP contribution in [0.25, 0.3) is 0 Å². The standard InChI is InChI=1S/C19H29N3O2/c1-15-4-6-16(7-5-15)21(3)17-12-19(24-14-17)8-10-22(11-9-19)13-18(23)20-2/h4-7,17H,8-14H2,1-3H3,(H,20,23)/t17-/m1/s1. The molecule has 0 aliphatic carbocycles. The minimum atomic E-state index is 0.00279. The van der Waals surface area contributed by atoms with Crippen molar-refractivity contribution in [2.75, 3.05) is 45.2 Å². The third-order valence-electron chi connectivity index (χ3n) is 5.59. The maximum Gasteiger partial charge on any atom is 0.233 e. The van der Waals surface area contributed by atoms with Gasteiger partial charge in [0.25, 0.3) is 0 Å². The van der Waals surface area contributed by atoms with Gasteiger partial charge in [0.1, 0.15) is 0 Å². The number of hydrogen-bond acceptors (Lipinski definition) is 4. The Hall–Kier alpha value is -1.59. The highest BCUT2D eigenvalue weighted by Crippen LogP contribution is 2.38. The van der Waals surface area contributed by atoms with Crippen molar-refractivity contribution in [1.29, 1.82) is 0 Å². The number of carbonyl (C=O) groups is 1. The van der Waals surface area contributed by atoms with E-state index in [2.05, 4.69) is 53.4 Å². The van der Waals surface area contributed by atoms with Crippen molar-refractivity contribution >= 4 is 11.6 Å². The van der Waals surface area contributed by atoms with Gasteiger partial charge in [0.2, 0.25) is 5.91 Å². The molecule has 2 heterocycles. The summed E-state index contributed by atoms with van der Waals surface area (Å²) >= 11 is 0. The zero-order valence-electron chi connectivity index (χ0n) is 15.0. The predicted molar refractivity (Wildman–Crippen MR) is 96.4 cm³/mol. The molecule has 0 unspecified atom stereocenters. The predicted octanol–water partition coefficient (Wildman–Crippen LogP) is 1.80. The molecule has 2 aliphatic heterocycles. The Balaban J connectivity index is 1.55. The fourth-order valence-corrected chi connectivity index (χ4v) is 3.81. The van der Waals surface area contributed by atoms with E-state index in [-0.39, 0.29) is 11.5 Å². The van der Waals surface area contributed by atoms with Crippen molar-refractivity contribution in [3.63, 3.8) is 0 Å². The summed E-state index contributed by atoms with van der Waals surface area (Å²) in [6, 6.07) is 9.13. The summed E-state index contributed by atoms with van der Waals surface area (Å²) < 4.78 is 6.27. The third-order valence-corrected chi connectivity index (χ3v) is 5.59. The van der Waals surface area contributed by atoms with Gasteiger partial charge < -0.3 is 15.0 Å². The number of nitrogens with zero attached hydrogens (tertiary/aromatic N) is 2. The summed E-state index contributed by atoms with van der Waals surface area (Å²) in [5.41, 5.74) is 2.54. The first-order valence-electron chi connectivity index (χ1n) is 8.88. The lowest BCUT2D eigenvalue weighted by molar-refractivity contribution is -0.123. The minimum Gasteiger partial charge on any atom is -0.373 e. The second-order valence-corrected chi connectivity index (χ2v) is 7.25. The number of amides is 1. The zero-order chi connectivity index (χ0) is 17.2. The summed E-state index contributed by atoms with van der Waals surface area (Å²) in [5, 5.41) is 2.70. The molecule has 2 fully saturated rings. The summed E-state index contributed by atoms with van der Waals surface area (Å²) in [4.78, 5) is 16.1. The Labute approximate surface area is 145 Å². The van der Waals surface area contributed by atoms with Gasteiger partial charge in [-0.05, 0) is 38.3 Å². The average Bonchev–Trinajstić information content (AvgIpc) is 3.01.